The highest BCUT2D eigenvalue weighted by atomic mass is 35.5. The maximum atomic E-state index is 13.5. The summed E-state index contributed by atoms with van der Waals surface area (Å²) in [6, 6.07) is 5.44. The molecule has 1 atom stereocenters. The molecule has 21 heavy (non-hydrogen) atoms. The number of benzene rings is 1. The summed E-state index contributed by atoms with van der Waals surface area (Å²) in [5, 5.41) is 4.37. The van der Waals surface area contributed by atoms with Crippen LogP contribution in [-0.4, -0.2) is 12.6 Å². The summed E-state index contributed by atoms with van der Waals surface area (Å²) in [7, 11) is 0. The number of hydrogen-bond donors (Lipinski definition) is 1. The van der Waals surface area contributed by atoms with E-state index in [0.29, 0.717) is 11.1 Å². The fraction of sp³-hybridized carbons (Fsp3) is 0.667. The summed E-state index contributed by atoms with van der Waals surface area (Å²) in [6.45, 7) is 5.49. The number of hydrogen-bond acceptors (Lipinski definition) is 1. The summed E-state index contributed by atoms with van der Waals surface area (Å²) >= 11 is 6.28. The van der Waals surface area contributed by atoms with Gasteiger partial charge in [-0.25, -0.2) is 4.39 Å². The zero-order valence-corrected chi connectivity index (χ0v) is 14.0. The summed E-state index contributed by atoms with van der Waals surface area (Å²) in [4.78, 5) is 0. The summed E-state index contributed by atoms with van der Waals surface area (Å²) in [5.41, 5.74) is 1.14. The molecule has 1 aromatic rings. The average molecular weight is 312 g/mol. The maximum absolute atomic E-state index is 13.5. The van der Waals surface area contributed by atoms with Crippen LogP contribution in [0.1, 0.15) is 57.9 Å². The van der Waals surface area contributed by atoms with Gasteiger partial charge in [-0.3, -0.25) is 0 Å². The second-order valence-corrected chi connectivity index (χ2v) is 6.93. The van der Waals surface area contributed by atoms with Gasteiger partial charge < -0.3 is 5.32 Å². The second-order valence-electron chi connectivity index (χ2n) is 6.52. The summed E-state index contributed by atoms with van der Waals surface area (Å²) < 4.78 is 13.5. The zero-order chi connectivity index (χ0) is 15.3. The molecule has 0 spiro atoms. The van der Waals surface area contributed by atoms with E-state index >= 15 is 0 Å². The largest absolute Gasteiger partial charge is 0.313 e. The smallest absolute Gasteiger partial charge is 0.123 e. The molecule has 0 amide bonds. The third-order valence-corrected chi connectivity index (χ3v) is 5.10. The first kappa shape index (κ1) is 16.8. The molecule has 1 unspecified atom stereocenters. The summed E-state index contributed by atoms with van der Waals surface area (Å²) in [5.74, 6) is -0.190. The third kappa shape index (κ3) is 4.96. The monoisotopic (exact) mass is 311 g/mol. The van der Waals surface area contributed by atoms with Crippen LogP contribution in [0, 0.1) is 11.2 Å². The van der Waals surface area contributed by atoms with Crippen molar-refractivity contribution in [3.8, 4) is 0 Å². The lowest BCUT2D eigenvalue weighted by Gasteiger charge is -2.34. The van der Waals surface area contributed by atoms with Crippen LogP contribution in [0.4, 0.5) is 4.39 Å². The van der Waals surface area contributed by atoms with Gasteiger partial charge in [0.2, 0.25) is 0 Å². The molecule has 0 heterocycles. The van der Waals surface area contributed by atoms with Crippen LogP contribution in [-0.2, 0) is 6.42 Å². The SMILES string of the molecule is CCCCC(CC)(CNC1CC1)Cc1cc(F)ccc1Cl. The Bertz CT molecular complexity index is 459. The van der Waals surface area contributed by atoms with E-state index in [1.54, 1.807) is 12.1 Å². The van der Waals surface area contributed by atoms with Gasteiger partial charge in [-0.05, 0) is 61.3 Å². The molecule has 118 valence electrons. The van der Waals surface area contributed by atoms with Crippen LogP contribution >= 0.6 is 11.6 Å². The van der Waals surface area contributed by atoms with E-state index in [0.717, 1.165) is 24.9 Å². The van der Waals surface area contributed by atoms with Gasteiger partial charge in [0.05, 0.1) is 0 Å². The van der Waals surface area contributed by atoms with E-state index in [1.807, 2.05) is 0 Å². The number of unbranched alkanes of at least 4 members (excludes halogenated alkanes) is 1. The molecule has 0 saturated heterocycles. The van der Waals surface area contributed by atoms with Gasteiger partial charge in [0, 0.05) is 17.6 Å². The Morgan fingerprint density at radius 2 is 2.10 bits per heavy atom. The van der Waals surface area contributed by atoms with Gasteiger partial charge in [0.1, 0.15) is 5.82 Å². The van der Waals surface area contributed by atoms with Crippen molar-refractivity contribution in [2.75, 3.05) is 6.54 Å². The Kier molecular flexibility index (Phi) is 6.07. The van der Waals surface area contributed by atoms with Crippen molar-refractivity contribution >= 4 is 11.6 Å². The predicted molar refractivity (Wildman–Crippen MR) is 88.4 cm³/mol. The molecule has 3 heteroatoms. The second kappa shape index (κ2) is 7.60. The number of rotatable bonds is 9. The number of halogens is 2. The Hall–Kier alpha value is -0.600. The van der Waals surface area contributed by atoms with E-state index in [-0.39, 0.29) is 11.2 Å². The van der Waals surface area contributed by atoms with E-state index in [1.165, 1.54) is 38.2 Å². The molecule has 2 rings (SSSR count). The highest BCUT2D eigenvalue weighted by molar-refractivity contribution is 6.31. The maximum Gasteiger partial charge on any atom is 0.123 e. The molecule has 1 fully saturated rings. The van der Waals surface area contributed by atoms with Crippen LogP contribution in [0.5, 0.6) is 0 Å². The van der Waals surface area contributed by atoms with Crippen LogP contribution < -0.4 is 5.32 Å². The van der Waals surface area contributed by atoms with Gasteiger partial charge >= 0.3 is 0 Å². The first-order valence-corrected chi connectivity index (χ1v) is 8.63. The highest BCUT2D eigenvalue weighted by Crippen LogP contribution is 2.36. The molecule has 0 aromatic heterocycles. The third-order valence-electron chi connectivity index (χ3n) is 4.73. The molecule has 1 nitrogen and oxygen atoms in total. The van der Waals surface area contributed by atoms with Gasteiger partial charge in [0.25, 0.3) is 0 Å². The van der Waals surface area contributed by atoms with Gasteiger partial charge in [0.15, 0.2) is 0 Å². The van der Waals surface area contributed by atoms with E-state index in [2.05, 4.69) is 19.2 Å². The Morgan fingerprint density at radius 3 is 2.71 bits per heavy atom. The van der Waals surface area contributed by atoms with Crippen molar-refractivity contribution in [1.82, 2.24) is 5.32 Å². The van der Waals surface area contributed by atoms with E-state index in [4.69, 9.17) is 11.6 Å². The van der Waals surface area contributed by atoms with Crippen molar-refractivity contribution in [1.29, 1.82) is 0 Å². The minimum atomic E-state index is -0.190. The quantitative estimate of drug-likeness (QED) is 0.647. The van der Waals surface area contributed by atoms with Crippen molar-refractivity contribution < 1.29 is 4.39 Å². The molecular weight excluding hydrogens is 285 g/mol. The first-order valence-electron chi connectivity index (χ1n) is 8.26. The van der Waals surface area contributed by atoms with E-state index < -0.39 is 0 Å². The fourth-order valence-electron chi connectivity index (χ4n) is 2.95. The molecule has 1 aliphatic rings. The van der Waals surface area contributed by atoms with Gasteiger partial charge in [-0.1, -0.05) is 38.3 Å². The Morgan fingerprint density at radius 1 is 1.33 bits per heavy atom. The zero-order valence-electron chi connectivity index (χ0n) is 13.2. The normalized spacial score (nSPS) is 17.7. The van der Waals surface area contributed by atoms with Gasteiger partial charge in [-0.2, -0.15) is 0 Å². The lowest BCUT2D eigenvalue weighted by atomic mass is 9.75. The minimum absolute atomic E-state index is 0.190. The van der Waals surface area contributed by atoms with Crippen LogP contribution in [0.25, 0.3) is 0 Å². The van der Waals surface area contributed by atoms with Crippen molar-refractivity contribution in [2.24, 2.45) is 5.41 Å². The Balaban J connectivity index is 2.13. The Labute approximate surface area is 133 Å². The molecule has 1 aromatic carbocycles. The molecule has 0 bridgehead atoms. The van der Waals surface area contributed by atoms with Crippen LogP contribution in [0.3, 0.4) is 0 Å². The van der Waals surface area contributed by atoms with Crippen molar-refractivity contribution in [3.63, 3.8) is 0 Å². The topological polar surface area (TPSA) is 12.0 Å². The van der Waals surface area contributed by atoms with Gasteiger partial charge in [-0.15, -0.1) is 0 Å². The highest BCUT2D eigenvalue weighted by Gasteiger charge is 2.31. The van der Waals surface area contributed by atoms with Crippen LogP contribution in [0.15, 0.2) is 18.2 Å². The molecule has 1 aliphatic carbocycles. The van der Waals surface area contributed by atoms with Crippen molar-refractivity contribution in [2.45, 2.75) is 64.8 Å². The lowest BCUT2D eigenvalue weighted by Crippen LogP contribution is -2.37. The van der Waals surface area contributed by atoms with E-state index in [9.17, 15) is 4.39 Å². The first-order chi connectivity index (χ1) is 10.1. The molecule has 0 radical (unpaired) electrons. The standard InChI is InChI=1S/C18H27ClFN/c1-3-5-10-18(4-2,13-21-16-7-8-16)12-14-11-15(20)6-9-17(14)19/h6,9,11,16,21H,3-5,7-8,10,12-13H2,1-2H3. The number of nitrogens with one attached hydrogen (secondary N) is 1. The molecular formula is C18H27ClFN. The average Bonchev–Trinajstić information content (AvgIpc) is 3.30. The predicted octanol–water partition coefficient (Wildman–Crippen LogP) is 5.36. The molecule has 1 N–H and O–H groups in total. The molecule has 0 aliphatic heterocycles. The minimum Gasteiger partial charge on any atom is -0.313 e. The summed E-state index contributed by atoms with van der Waals surface area (Å²) in [6.07, 6.45) is 8.14. The van der Waals surface area contributed by atoms with Crippen LogP contribution in [0.2, 0.25) is 5.02 Å². The van der Waals surface area contributed by atoms with Crippen molar-refractivity contribution in [3.05, 3.63) is 34.6 Å². The fourth-order valence-corrected chi connectivity index (χ4v) is 3.13. The molecule has 1 saturated carbocycles. The lowest BCUT2D eigenvalue weighted by molar-refractivity contribution is 0.228.